The first-order valence-corrected chi connectivity index (χ1v) is 54.6. The van der Waals surface area contributed by atoms with Gasteiger partial charge in [0.25, 0.3) is 0 Å². The Morgan fingerprint density at radius 1 is 0.341 bits per heavy atom. The minimum Gasteiger partial charge on any atom is -0.478 e. The number of benzene rings is 8. The van der Waals surface area contributed by atoms with Crippen LogP contribution in [-0.2, 0) is 62.4 Å². The molecule has 0 radical (unpaired) electrons. The molecule has 135 heavy (non-hydrogen) atoms. The molecule has 4 saturated carbocycles. The van der Waals surface area contributed by atoms with Gasteiger partial charge in [-0.05, 0) is 359 Å². The summed E-state index contributed by atoms with van der Waals surface area (Å²) >= 11 is 14.7. The van der Waals surface area contributed by atoms with Crippen molar-refractivity contribution in [3.05, 3.63) is 341 Å². The first kappa shape index (κ1) is 94.7. The summed E-state index contributed by atoms with van der Waals surface area (Å²) < 4.78 is 128. The summed E-state index contributed by atoms with van der Waals surface area (Å²) in [4.78, 5) is 62.5. The Hall–Kier alpha value is -12.1. The van der Waals surface area contributed by atoms with Crippen molar-refractivity contribution in [2.24, 2.45) is 0 Å². The minimum absolute atomic E-state index is 0.00852. The van der Waals surface area contributed by atoms with Gasteiger partial charge in [0, 0.05) is 90.0 Å². The Bertz CT molecular complexity index is 7540. The summed E-state index contributed by atoms with van der Waals surface area (Å²) in [5, 5.41) is 37.8. The number of hydrogen-bond acceptors (Lipinski definition) is 24. The number of aromatic carboxylic acids is 4. The number of hydrogen-bond donors (Lipinski definition) is 4. The fraction of sp³-hybridized carbons (Fsp3) is 0.196. The predicted octanol–water partition coefficient (Wildman–Crippen LogP) is 24.9. The van der Waals surface area contributed by atoms with Gasteiger partial charge in [-0.3, -0.25) is 9.97 Å². The Morgan fingerprint density at radius 2 is 0.748 bits per heavy atom. The van der Waals surface area contributed by atoms with Gasteiger partial charge in [0.2, 0.25) is 0 Å². The lowest BCUT2D eigenvalue weighted by Gasteiger charge is -2.15. The maximum Gasteiger partial charge on any atom is 0.335 e. The first-order valence-electron chi connectivity index (χ1n) is 42.9. The quantitative estimate of drug-likeness (QED) is 0.0354. The third-order valence-corrected chi connectivity index (χ3v) is 36.2. The van der Waals surface area contributed by atoms with Crippen LogP contribution in [0.25, 0.3) is 86.4 Å². The van der Waals surface area contributed by atoms with Crippen LogP contribution in [0.1, 0.15) is 181 Å². The highest BCUT2D eigenvalue weighted by Gasteiger charge is 2.38. The molecule has 8 aromatic carbocycles. The fourth-order valence-corrected chi connectivity index (χ4v) is 27.8. The summed E-state index contributed by atoms with van der Waals surface area (Å²) in [7, 11) is -15.3. The Morgan fingerprint density at radius 3 is 1.12 bits per heavy atom. The monoisotopic (exact) mass is 2000 g/mol. The summed E-state index contributed by atoms with van der Waals surface area (Å²) in [6.45, 7) is 7.98. The molecule has 8 aromatic heterocycles. The van der Waals surface area contributed by atoms with Crippen molar-refractivity contribution in [2.45, 2.75) is 145 Å². The van der Waals surface area contributed by atoms with Crippen LogP contribution in [0.2, 0.25) is 4.34 Å². The van der Waals surface area contributed by atoms with Crippen LogP contribution < -0.4 is 0 Å². The van der Waals surface area contributed by atoms with E-state index in [0.717, 1.165) is 158 Å². The van der Waals surface area contributed by atoms with Gasteiger partial charge in [-0.15, -0.1) is 22.7 Å². The van der Waals surface area contributed by atoms with Gasteiger partial charge in [-0.2, -0.15) is 0 Å². The second-order valence-corrected chi connectivity index (χ2v) is 48.1. The number of nitrogens with zero attached hydrogens (tertiary/aromatic N) is 6. The average Bonchev–Trinajstić information content (AvgIpc) is 1.76. The highest BCUT2D eigenvalue weighted by Crippen LogP contribution is 2.50. The molecule has 4 N–H and O–H groups in total. The van der Waals surface area contributed by atoms with E-state index in [2.05, 4.69) is 27.5 Å². The topological polar surface area (TPSA) is 363 Å². The van der Waals surface area contributed by atoms with Gasteiger partial charge in [-0.1, -0.05) is 96.5 Å². The second-order valence-electron chi connectivity index (χ2n) is 33.6. The number of pyridine rings is 2. The number of carboxylic acid groups (broad SMARTS) is 4. The van der Waals surface area contributed by atoms with Crippen LogP contribution in [0, 0.1) is 27.7 Å². The van der Waals surface area contributed by atoms with Gasteiger partial charge >= 0.3 is 23.9 Å². The number of carbonyl (C=O) groups is 4. The summed E-state index contributed by atoms with van der Waals surface area (Å²) in [5.74, 6) is -4.84. The maximum atomic E-state index is 13.8. The van der Waals surface area contributed by atoms with Crippen LogP contribution >= 0.6 is 80.4 Å². The number of halogens is 1. The lowest BCUT2D eigenvalue weighted by molar-refractivity contribution is 0.0685. The molecule has 4 aliphatic rings. The molecule has 0 atom stereocenters. The fourth-order valence-electron chi connectivity index (χ4n) is 16.5. The zero-order valence-electron chi connectivity index (χ0n) is 72.8. The van der Waals surface area contributed by atoms with Crippen LogP contribution in [0.5, 0.6) is 0 Å². The molecule has 0 bridgehead atoms. The van der Waals surface area contributed by atoms with Crippen molar-refractivity contribution in [2.75, 3.05) is 0 Å². The number of aryl methyl sites for hydroxylation is 4. The third-order valence-electron chi connectivity index (χ3n) is 23.9. The molecule has 16 aromatic rings. The Kier molecular flexibility index (Phi) is 27.9. The lowest BCUT2D eigenvalue weighted by atomic mass is 9.97. The number of carboxylic acids is 4. The van der Waals surface area contributed by atoms with E-state index < -0.39 is 63.2 Å². The maximum absolute atomic E-state index is 13.8. The molecule has 686 valence electrons. The van der Waals surface area contributed by atoms with Crippen LogP contribution in [-0.4, -0.2) is 105 Å². The van der Waals surface area contributed by atoms with E-state index in [0.29, 0.717) is 49.0 Å². The molecular weight excluding hydrogens is 1920 g/mol. The molecule has 0 unspecified atom stereocenters. The predicted molar refractivity (Wildman–Crippen MR) is 532 cm³/mol. The standard InChI is InChI=1S/C26H22N2O4S2.C26H23NO4S3.C25H20ClNO4S3.C25H20N2O4S2/c1-16-24(14-28-33-16)18-6-8-22(20-3-2-10-27-13-20)21(11-18)15-34(31,32)25-12-19(26(29)30)7-9-23(25)17-4-5-17;1-15-3-10-24(32-15)21-8-6-18(23-13-27-33-16(23)2)11-20(21)14-34(30,31)25-12-19(26(28)29)7-9-22(25)17-4-5-17;1-14-12-27-33-24(14)16-4-6-19(21-8-9-23(26)32-21)18(10-16)13-34(30,31)22-11-17(25(28)29)5-7-20(22)15-2-3-15;28-25(29)18-7-9-21(16-4-5-16)24(14-18)33(30,31)15-19-13-17(23-10-12-27-32-23)6-8-20(19)22-3-1-2-11-26-22/h2-3,6-14,17H,4-5,15H2,1H3,(H,29,30);3,6-13,17H,4-5,14H2,1-2H3,(H,28,29);4-12,15H,2-3,13H2,1H3,(H,28,29);1-3,6-14,16H,4-5,15H2,(H,28,29). The Labute approximate surface area is 809 Å². The minimum atomic E-state index is -3.83. The molecule has 0 saturated heterocycles. The van der Waals surface area contributed by atoms with Gasteiger partial charge in [-0.25, -0.2) is 70.3 Å². The van der Waals surface area contributed by atoms with E-state index in [4.69, 9.17) is 11.6 Å². The molecule has 8 heterocycles. The summed E-state index contributed by atoms with van der Waals surface area (Å²) in [5.41, 5.74) is 16.6. The van der Waals surface area contributed by atoms with Crippen LogP contribution in [0.15, 0.2) is 269 Å². The smallest absolute Gasteiger partial charge is 0.335 e. The van der Waals surface area contributed by atoms with Crippen LogP contribution in [0.3, 0.4) is 0 Å². The molecular formula is C102H85ClN6O16S10. The van der Waals surface area contributed by atoms with Crippen molar-refractivity contribution >= 4 is 144 Å². The summed E-state index contributed by atoms with van der Waals surface area (Å²) in [6, 6.07) is 59.9. The van der Waals surface area contributed by atoms with E-state index in [9.17, 15) is 73.3 Å². The number of aromatic nitrogens is 6. The van der Waals surface area contributed by atoms with Gasteiger partial charge in [0.15, 0.2) is 39.3 Å². The largest absolute Gasteiger partial charge is 0.478 e. The normalized spacial score (nSPS) is 13.8. The van der Waals surface area contributed by atoms with Crippen molar-refractivity contribution in [1.82, 2.24) is 27.5 Å². The van der Waals surface area contributed by atoms with Crippen molar-refractivity contribution in [3.8, 4) is 86.4 Å². The molecule has 33 heteroatoms. The molecule has 0 aliphatic heterocycles. The number of sulfone groups is 4. The molecule has 22 nitrogen and oxygen atoms in total. The van der Waals surface area contributed by atoms with E-state index in [-0.39, 0.29) is 88.5 Å². The number of thiophene rings is 2. The Balaban J connectivity index is 0.000000125. The van der Waals surface area contributed by atoms with Crippen LogP contribution in [0.4, 0.5) is 0 Å². The average molecular weight is 2010 g/mol. The van der Waals surface area contributed by atoms with Gasteiger partial charge in [0.05, 0.1) is 84.6 Å². The molecule has 4 fully saturated rings. The molecule has 0 amide bonds. The SMILES string of the molecule is Cc1ccc(-c2ccc(-c3cnsc3C)cc2CS(=O)(=O)c2cc(C(=O)O)ccc2C2CC2)s1.Cc1cnsc1-c1ccc(-c2ccc(Cl)s2)c(CS(=O)(=O)c2cc(C(=O)O)ccc2C2CC2)c1.Cc1sncc1-c1ccc(-c2cccnc2)c(CS(=O)(=O)c2cc(C(=O)O)ccc2C2CC2)c1.O=C(O)c1ccc(C2CC2)c(S(=O)(=O)Cc2cc(-c3ccns3)ccc2-c2ccccn2)c1. The zero-order valence-corrected chi connectivity index (χ0v) is 81.7. The van der Waals surface area contributed by atoms with Gasteiger partial charge in [0.1, 0.15) is 0 Å². The van der Waals surface area contributed by atoms with E-state index in [1.165, 1.54) is 106 Å². The van der Waals surface area contributed by atoms with Gasteiger partial charge < -0.3 is 20.4 Å². The van der Waals surface area contributed by atoms with Crippen molar-refractivity contribution in [3.63, 3.8) is 0 Å². The lowest BCUT2D eigenvalue weighted by Crippen LogP contribution is -2.11. The van der Waals surface area contributed by atoms with E-state index >= 15 is 0 Å². The number of rotatable bonds is 28. The van der Waals surface area contributed by atoms with E-state index in [1.54, 1.807) is 78.8 Å². The molecule has 0 spiro atoms. The zero-order chi connectivity index (χ0) is 94.9. The molecule has 20 rings (SSSR count). The van der Waals surface area contributed by atoms with Crippen molar-refractivity contribution in [1.29, 1.82) is 0 Å². The highest BCUT2D eigenvalue weighted by atomic mass is 35.5. The molecule has 4 aliphatic carbocycles. The third kappa shape index (κ3) is 21.9. The summed E-state index contributed by atoms with van der Waals surface area (Å²) in [6.07, 6.45) is 19.5. The van der Waals surface area contributed by atoms with E-state index in [1.807, 2.05) is 161 Å². The second kappa shape index (κ2) is 39.7. The highest BCUT2D eigenvalue weighted by molar-refractivity contribution is 7.91. The van der Waals surface area contributed by atoms with Crippen molar-refractivity contribution < 1.29 is 73.3 Å². The first-order chi connectivity index (χ1) is 64.7.